The summed E-state index contributed by atoms with van der Waals surface area (Å²) in [6.07, 6.45) is 3.21. The fourth-order valence-electron chi connectivity index (χ4n) is 4.08. The van der Waals surface area contributed by atoms with Crippen molar-refractivity contribution in [2.24, 2.45) is 4.99 Å². The Kier molecular flexibility index (Phi) is 5.24. The van der Waals surface area contributed by atoms with Crippen molar-refractivity contribution in [1.82, 2.24) is 0 Å². The van der Waals surface area contributed by atoms with E-state index in [4.69, 9.17) is 4.99 Å². The van der Waals surface area contributed by atoms with Crippen LogP contribution in [0, 0.1) is 10.5 Å². The molecule has 0 bridgehead atoms. The Morgan fingerprint density at radius 3 is 2.68 bits per heavy atom. The first-order valence-corrected chi connectivity index (χ1v) is 10.1. The molecule has 0 amide bonds. The second-order valence-corrected chi connectivity index (χ2v) is 8.80. The van der Waals surface area contributed by atoms with E-state index in [9.17, 15) is 0 Å². The van der Waals surface area contributed by atoms with Crippen molar-refractivity contribution in [3.05, 3.63) is 56.7 Å². The van der Waals surface area contributed by atoms with E-state index in [1.54, 1.807) is 0 Å². The molecule has 2 aromatic carbocycles. The van der Waals surface area contributed by atoms with E-state index in [0.717, 1.165) is 12.2 Å². The maximum atomic E-state index is 4.73. The predicted octanol–water partition coefficient (Wildman–Crippen LogP) is 6.46. The quantitative estimate of drug-likeness (QED) is 0.390. The Hall–Kier alpha value is -1.36. The zero-order chi connectivity index (χ0) is 18.2. The summed E-state index contributed by atoms with van der Waals surface area (Å²) < 4.78 is 1.18. The third-order valence-electron chi connectivity index (χ3n) is 5.28. The molecule has 2 nitrogen and oxygen atoms in total. The highest BCUT2D eigenvalue weighted by molar-refractivity contribution is 14.1. The van der Waals surface area contributed by atoms with Crippen molar-refractivity contribution < 1.29 is 0 Å². The minimum absolute atomic E-state index is 0.212. The lowest BCUT2D eigenvalue weighted by molar-refractivity contribution is 0.381. The van der Waals surface area contributed by atoms with E-state index in [-0.39, 0.29) is 5.54 Å². The Bertz CT molecular complexity index is 808. The van der Waals surface area contributed by atoms with Crippen molar-refractivity contribution in [2.45, 2.75) is 52.5 Å². The van der Waals surface area contributed by atoms with E-state index in [2.05, 4.69) is 86.4 Å². The topological polar surface area (TPSA) is 15.6 Å². The summed E-state index contributed by atoms with van der Waals surface area (Å²) in [5, 5.41) is 0. The predicted molar refractivity (Wildman–Crippen MR) is 118 cm³/mol. The van der Waals surface area contributed by atoms with Crippen LogP contribution in [0.1, 0.15) is 56.7 Å². The number of nitrogens with zero attached hydrogens (tertiary/aromatic N) is 2. The van der Waals surface area contributed by atoms with Crippen molar-refractivity contribution in [1.29, 1.82) is 0 Å². The molecular weight excluding hydrogens is 419 g/mol. The molecule has 1 atom stereocenters. The summed E-state index contributed by atoms with van der Waals surface area (Å²) in [6.45, 7) is 12.6. The van der Waals surface area contributed by atoms with Gasteiger partial charge in [-0.1, -0.05) is 19.1 Å². The third-order valence-corrected chi connectivity index (χ3v) is 6.20. The summed E-state index contributed by atoms with van der Waals surface area (Å²) in [5.74, 6) is 0.567. The highest BCUT2D eigenvalue weighted by atomic mass is 127. The van der Waals surface area contributed by atoms with E-state index in [0.29, 0.717) is 5.92 Å². The molecule has 0 N–H and O–H groups in total. The molecule has 0 saturated heterocycles. The zero-order valence-electron chi connectivity index (χ0n) is 15.8. The van der Waals surface area contributed by atoms with Gasteiger partial charge in [0.05, 0.1) is 5.69 Å². The normalized spacial score (nSPS) is 19.3. The number of fused-ring (bicyclic) bond motifs is 1. The number of aryl methyl sites for hydroxylation is 1. The fraction of sp³-hybridized carbons (Fsp3) is 0.409. The molecule has 0 aromatic heterocycles. The van der Waals surface area contributed by atoms with Crippen LogP contribution >= 0.6 is 22.6 Å². The second-order valence-electron chi connectivity index (χ2n) is 7.64. The van der Waals surface area contributed by atoms with Gasteiger partial charge in [0.2, 0.25) is 0 Å². The summed E-state index contributed by atoms with van der Waals surface area (Å²) in [5.41, 5.74) is 6.61. The molecule has 0 aliphatic carbocycles. The summed E-state index contributed by atoms with van der Waals surface area (Å²) >= 11 is 2.34. The molecule has 0 radical (unpaired) electrons. The monoisotopic (exact) mass is 446 g/mol. The van der Waals surface area contributed by atoms with Gasteiger partial charge in [0.15, 0.2) is 0 Å². The van der Waals surface area contributed by atoms with Gasteiger partial charge in [-0.2, -0.15) is 0 Å². The molecule has 1 heterocycles. The summed E-state index contributed by atoms with van der Waals surface area (Å²) in [4.78, 5) is 7.28. The average molecular weight is 446 g/mol. The van der Waals surface area contributed by atoms with Crippen LogP contribution in [-0.4, -0.2) is 18.3 Å². The number of hydrogen-bond donors (Lipinski definition) is 0. The highest BCUT2D eigenvalue weighted by Gasteiger charge is 2.35. The highest BCUT2D eigenvalue weighted by Crippen LogP contribution is 2.44. The first-order valence-electron chi connectivity index (χ1n) is 9.04. The van der Waals surface area contributed by atoms with Crippen molar-refractivity contribution in [3.8, 4) is 0 Å². The number of halogens is 1. The molecule has 1 aliphatic rings. The lowest BCUT2D eigenvalue weighted by atomic mass is 9.79. The van der Waals surface area contributed by atoms with Crippen LogP contribution in [0.5, 0.6) is 0 Å². The number of para-hydroxylation sites is 1. The molecule has 2 aromatic rings. The van der Waals surface area contributed by atoms with Gasteiger partial charge < -0.3 is 4.90 Å². The average Bonchev–Trinajstić information content (AvgIpc) is 2.54. The SMILES string of the molecule is CCN1c2cc(C)c(C=Nc3ccccc3I)cc2C(C)CC1(C)C. The van der Waals surface area contributed by atoms with Crippen LogP contribution in [0.25, 0.3) is 0 Å². The number of aliphatic imine (C=N–C) groups is 1. The number of hydrogen-bond acceptors (Lipinski definition) is 2. The van der Waals surface area contributed by atoms with E-state index < -0.39 is 0 Å². The van der Waals surface area contributed by atoms with Crippen molar-refractivity contribution in [2.75, 3.05) is 11.4 Å². The van der Waals surface area contributed by atoms with E-state index >= 15 is 0 Å². The van der Waals surface area contributed by atoms with Gasteiger partial charge in [-0.25, -0.2) is 0 Å². The smallest absolute Gasteiger partial charge is 0.0763 e. The van der Waals surface area contributed by atoms with Crippen LogP contribution in [0.4, 0.5) is 11.4 Å². The Morgan fingerprint density at radius 1 is 1.28 bits per heavy atom. The molecule has 0 spiro atoms. The molecular formula is C22H27IN2. The fourth-order valence-corrected chi connectivity index (χ4v) is 4.61. The second kappa shape index (κ2) is 7.10. The summed E-state index contributed by atoms with van der Waals surface area (Å²) in [7, 11) is 0. The maximum absolute atomic E-state index is 4.73. The molecule has 132 valence electrons. The number of rotatable bonds is 3. The van der Waals surface area contributed by atoms with Gasteiger partial charge in [0.25, 0.3) is 0 Å². The number of anilines is 1. The van der Waals surface area contributed by atoms with Crippen molar-refractivity contribution >= 4 is 40.2 Å². The minimum Gasteiger partial charge on any atom is -0.366 e. The Balaban J connectivity index is 2.02. The number of benzene rings is 2. The van der Waals surface area contributed by atoms with Crippen LogP contribution in [0.15, 0.2) is 41.4 Å². The lowest BCUT2D eigenvalue weighted by Gasteiger charge is -2.47. The van der Waals surface area contributed by atoms with E-state index in [1.165, 1.54) is 32.4 Å². The third kappa shape index (κ3) is 3.62. The van der Waals surface area contributed by atoms with Crippen LogP contribution in [-0.2, 0) is 0 Å². The molecule has 1 unspecified atom stereocenters. The van der Waals surface area contributed by atoms with Gasteiger partial charge in [-0.3, -0.25) is 4.99 Å². The Morgan fingerprint density at radius 2 is 2.00 bits per heavy atom. The van der Waals surface area contributed by atoms with Crippen LogP contribution in [0.3, 0.4) is 0 Å². The first-order chi connectivity index (χ1) is 11.8. The molecule has 25 heavy (non-hydrogen) atoms. The Labute approximate surface area is 165 Å². The van der Waals surface area contributed by atoms with Gasteiger partial charge in [0.1, 0.15) is 0 Å². The van der Waals surface area contributed by atoms with Crippen LogP contribution in [0.2, 0.25) is 0 Å². The van der Waals surface area contributed by atoms with Crippen LogP contribution < -0.4 is 4.90 Å². The minimum atomic E-state index is 0.212. The zero-order valence-corrected chi connectivity index (χ0v) is 18.0. The van der Waals surface area contributed by atoms with Gasteiger partial charge in [0, 0.05) is 27.6 Å². The van der Waals surface area contributed by atoms with E-state index in [1.807, 2.05) is 18.3 Å². The van der Waals surface area contributed by atoms with Gasteiger partial charge in [-0.05, 0) is 104 Å². The van der Waals surface area contributed by atoms with Gasteiger partial charge >= 0.3 is 0 Å². The first kappa shape index (κ1) is 18.4. The van der Waals surface area contributed by atoms with Gasteiger partial charge in [-0.15, -0.1) is 0 Å². The largest absolute Gasteiger partial charge is 0.366 e. The molecule has 0 fully saturated rings. The molecule has 1 aliphatic heterocycles. The molecule has 3 heteroatoms. The molecule has 3 rings (SSSR count). The standard InChI is InChI=1S/C22H27IN2/c1-6-25-21-11-15(2)17(12-18(21)16(3)13-22(25,4)5)14-24-20-10-8-7-9-19(20)23/h7-12,14,16H,6,13H2,1-5H3. The molecule has 0 saturated carbocycles. The maximum Gasteiger partial charge on any atom is 0.0763 e. The van der Waals surface area contributed by atoms with Crippen molar-refractivity contribution in [3.63, 3.8) is 0 Å². The lowest BCUT2D eigenvalue weighted by Crippen LogP contribution is -2.48. The summed E-state index contributed by atoms with van der Waals surface area (Å²) in [6, 6.07) is 13.0.